The molecule has 122 valence electrons. The first-order valence-electron chi connectivity index (χ1n) is 6.78. The van der Waals surface area contributed by atoms with Gasteiger partial charge in [-0.2, -0.15) is 13.2 Å². The van der Waals surface area contributed by atoms with Crippen molar-refractivity contribution in [2.24, 2.45) is 0 Å². The third-order valence-corrected chi connectivity index (χ3v) is 3.09. The monoisotopic (exact) mass is 325 g/mol. The lowest BCUT2D eigenvalue weighted by molar-refractivity contribution is -0.137. The van der Waals surface area contributed by atoms with E-state index in [4.69, 9.17) is 4.74 Å². The van der Waals surface area contributed by atoms with Crippen molar-refractivity contribution in [2.75, 3.05) is 7.11 Å². The number of carbonyl (C=O) groups excluding carboxylic acids is 1. The van der Waals surface area contributed by atoms with E-state index in [1.165, 1.54) is 31.4 Å². The van der Waals surface area contributed by atoms with Crippen molar-refractivity contribution in [2.45, 2.75) is 19.5 Å². The molecule has 0 aliphatic rings. The number of hydrogen-bond donors (Lipinski definition) is 0. The third kappa shape index (κ3) is 4.00. The lowest BCUT2D eigenvalue weighted by Gasteiger charge is -2.10. The van der Waals surface area contributed by atoms with Gasteiger partial charge in [0, 0.05) is 6.07 Å². The summed E-state index contributed by atoms with van der Waals surface area (Å²) in [5, 5.41) is 0. The summed E-state index contributed by atoms with van der Waals surface area (Å²) in [7, 11) is 1.27. The van der Waals surface area contributed by atoms with Crippen LogP contribution in [-0.4, -0.2) is 18.1 Å². The second kappa shape index (κ2) is 6.68. The van der Waals surface area contributed by atoms with Crippen LogP contribution in [0.2, 0.25) is 0 Å². The van der Waals surface area contributed by atoms with E-state index in [2.05, 4.69) is 9.72 Å². The van der Waals surface area contributed by atoms with Gasteiger partial charge < -0.3 is 9.47 Å². The number of esters is 1. The molecule has 0 radical (unpaired) electrons. The lowest BCUT2D eigenvalue weighted by Crippen LogP contribution is -2.07. The maximum Gasteiger partial charge on any atom is 0.416 e. The number of alkyl halides is 3. The number of rotatable bonds is 4. The highest BCUT2D eigenvalue weighted by Crippen LogP contribution is 2.31. The fraction of sp³-hybridized carbons (Fsp3) is 0.250. The van der Waals surface area contributed by atoms with Gasteiger partial charge in [0.1, 0.15) is 5.75 Å². The van der Waals surface area contributed by atoms with Crippen molar-refractivity contribution < 1.29 is 27.4 Å². The number of benzene rings is 1. The zero-order valence-electron chi connectivity index (χ0n) is 12.5. The van der Waals surface area contributed by atoms with Crippen LogP contribution in [0.5, 0.6) is 11.6 Å². The predicted octanol–water partition coefficient (Wildman–Crippen LogP) is 4.24. The summed E-state index contributed by atoms with van der Waals surface area (Å²) >= 11 is 0. The molecule has 0 aliphatic heterocycles. The van der Waals surface area contributed by atoms with Crippen molar-refractivity contribution in [3.8, 4) is 11.6 Å². The second-order valence-electron chi connectivity index (χ2n) is 4.61. The minimum Gasteiger partial charge on any atom is -0.465 e. The Morgan fingerprint density at radius 2 is 1.78 bits per heavy atom. The summed E-state index contributed by atoms with van der Waals surface area (Å²) < 4.78 is 47.6. The van der Waals surface area contributed by atoms with Crippen molar-refractivity contribution in [1.29, 1.82) is 0 Å². The molecule has 2 aromatic rings. The molecule has 1 aromatic heterocycles. The summed E-state index contributed by atoms with van der Waals surface area (Å²) in [6.07, 6.45) is -3.91. The highest BCUT2D eigenvalue weighted by molar-refractivity contribution is 5.90. The van der Waals surface area contributed by atoms with Gasteiger partial charge in [-0.3, -0.25) is 0 Å². The van der Waals surface area contributed by atoms with E-state index in [0.717, 1.165) is 12.1 Å². The molecule has 0 saturated heterocycles. The van der Waals surface area contributed by atoms with Gasteiger partial charge in [-0.05, 0) is 36.8 Å². The Bertz CT molecular complexity index is 697. The quantitative estimate of drug-likeness (QED) is 0.789. The topological polar surface area (TPSA) is 48.4 Å². The molecule has 0 unspecified atom stereocenters. The first-order valence-corrected chi connectivity index (χ1v) is 6.78. The van der Waals surface area contributed by atoms with E-state index in [-0.39, 0.29) is 11.6 Å². The zero-order chi connectivity index (χ0) is 17.0. The molecule has 2 rings (SSSR count). The Hall–Kier alpha value is -2.57. The molecule has 0 spiro atoms. The normalized spacial score (nSPS) is 11.2. The van der Waals surface area contributed by atoms with Crippen LogP contribution in [0.3, 0.4) is 0 Å². The third-order valence-electron chi connectivity index (χ3n) is 3.09. The number of aromatic nitrogens is 1. The molecule has 0 bridgehead atoms. The Labute approximate surface area is 130 Å². The molecule has 1 aromatic carbocycles. The van der Waals surface area contributed by atoms with Crippen LogP contribution in [0, 0.1) is 0 Å². The van der Waals surface area contributed by atoms with Gasteiger partial charge in [0.2, 0.25) is 5.88 Å². The molecule has 0 amide bonds. The first kappa shape index (κ1) is 16.8. The molecule has 0 saturated carbocycles. The molecule has 0 N–H and O–H groups in total. The van der Waals surface area contributed by atoms with E-state index in [0.29, 0.717) is 17.7 Å². The smallest absolute Gasteiger partial charge is 0.416 e. The number of ether oxygens (including phenoxy) is 2. The van der Waals surface area contributed by atoms with Crippen molar-refractivity contribution >= 4 is 5.97 Å². The molecule has 0 fully saturated rings. The standard InChI is InChI=1S/C16H14F3NO3/c1-3-13-12(15(21)22-2)8-9-14(20-13)23-11-6-4-10(5-7-11)16(17,18)19/h4-9H,3H2,1-2H3. The number of hydrogen-bond acceptors (Lipinski definition) is 4. The number of carbonyl (C=O) groups is 1. The van der Waals surface area contributed by atoms with Crippen LogP contribution in [0.25, 0.3) is 0 Å². The van der Waals surface area contributed by atoms with E-state index in [1.54, 1.807) is 0 Å². The lowest BCUT2D eigenvalue weighted by atomic mass is 10.1. The number of methoxy groups -OCH3 is 1. The van der Waals surface area contributed by atoms with Gasteiger partial charge in [0.25, 0.3) is 0 Å². The first-order chi connectivity index (χ1) is 10.8. The largest absolute Gasteiger partial charge is 0.465 e. The fourth-order valence-corrected chi connectivity index (χ4v) is 1.94. The fourth-order valence-electron chi connectivity index (χ4n) is 1.94. The van der Waals surface area contributed by atoms with Gasteiger partial charge in [-0.1, -0.05) is 6.92 Å². The Kier molecular flexibility index (Phi) is 4.88. The van der Waals surface area contributed by atoms with Gasteiger partial charge in [-0.25, -0.2) is 9.78 Å². The SMILES string of the molecule is CCc1nc(Oc2ccc(C(F)(F)F)cc2)ccc1C(=O)OC. The molecular formula is C16H14F3NO3. The van der Waals surface area contributed by atoms with E-state index in [1.807, 2.05) is 6.92 Å². The summed E-state index contributed by atoms with van der Waals surface area (Å²) in [5.41, 5.74) is 0.0594. The van der Waals surface area contributed by atoms with E-state index < -0.39 is 17.7 Å². The molecule has 0 atom stereocenters. The Morgan fingerprint density at radius 1 is 1.13 bits per heavy atom. The van der Waals surface area contributed by atoms with Crippen molar-refractivity contribution in [3.05, 3.63) is 53.2 Å². The predicted molar refractivity (Wildman–Crippen MR) is 76.5 cm³/mol. The van der Waals surface area contributed by atoms with Crippen molar-refractivity contribution in [1.82, 2.24) is 4.98 Å². The van der Waals surface area contributed by atoms with Crippen LogP contribution in [-0.2, 0) is 17.3 Å². The molecule has 23 heavy (non-hydrogen) atoms. The van der Waals surface area contributed by atoms with Crippen LogP contribution >= 0.6 is 0 Å². The number of pyridine rings is 1. The summed E-state index contributed by atoms with van der Waals surface area (Å²) in [6.45, 7) is 1.82. The Balaban J connectivity index is 2.22. The summed E-state index contributed by atoms with van der Waals surface area (Å²) in [6, 6.07) is 7.26. The van der Waals surface area contributed by atoms with Crippen LogP contribution in [0.15, 0.2) is 36.4 Å². The molecular weight excluding hydrogens is 311 g/mol. The minimum atomic E-state index is -4.39. The Morgan fingerprint density at radius 3 is 2.30 bits per heavy atom. The van der Waals surface area contributed by atoms with Gasteiger partial charge in [0.05, 0.1) is 23.9 Å². The number of nitrogens with zero attached hydrogens (tertiary/aromatic N) is 1. The molecule has 4 nitrogen and oxygen atoms in total. The van der Waals surface area contributed by atoms with E-state index >= 15 is 0 Å². The average molecular weight is 325 g/mol. The highest BCUT2D eigenvalue weighted by Gasteiger charge is 2.30. The minimum absolute atomic E-state index is 0.189. The number of aryl methyl sites for hydroxylation is 1. The maximum atomic E-state index is 12.5. The van der Waals surface area contributed by atoms with Crippen molar-refractivity contribution in [3.63, 3.8) is 0 Å². The molecule has 0 aliphatic carbocycles. The van der Waals surface area contributed by atoms with Crippen LogP contribution in [0.1, 0.15) is 28.5 Å². The van der Waals surface area contributed by atoms with E-state index in [9.17, 15) is 18.0 Å². The van der Waals surface area contributed by atoms with Gasteiger partial charge in [0.15, 0.2) is 0 Å². The average Bonchev–Trinajstić information content (AvgIpc) is 2.53. The van der Waals surface area contributed by atoms with Gasteiger partial charge in [-0.15, -0.1) is 0 Å². The highest BCUT2D eigenvalue weighted by atomic mass is 19.4. The second-order valence-corrected chi connectivity index (χ2v) is 4.61. The summed E-state index contributed by atoms with van der Waals surface area (Å²) in [5.74, 6) is -0.0944. The summed E-state index contributed by atoms with van der Waals surface area (Å²) in [4.78, 5) is 15.8. The molecule has 7 heteroatoms. The zero-order valence-corrected chi connectivity index (χ0v) is 12.5. The maximum absolute atomic E-state index is 12.5. The van der Waals surface area contributed by atoms with Crippen LogP contribution in [0.4, 0.5) is 13.2 Å². The van der Waals surface area contributed by atoms with Gasteiger partial charge >= 0.3 is 12.1 Å². The number of halogens is 3. The molecule has 1 heterocycles. The van der Waals surface area contributed by atoms with Crippen LogP contribution < -0.4 is 4.74 Å².